The van der Waals surface area contributed by atoms with Crippen molar-refractivity contribution in [3.05, 3.63) is 54.4 Å². The molecule has 0 aliphatic rings. The fraction of sp³-hybridized carbons (Fsp3) is 0.409. The normalized spacial score (nSPS) is 11.5. The van der Waals surface area contributed by atoms with Crippen LogP contribution in [0.1, 0.15) is 52.1 Å². The molecule has 26 heavy (non-hydrogen) atoms. The number of aromatic nitrogens is 2. The molecular formula is C22H30N4. The molecule has 0 aliphatic heterocycles. The lowest BCUT2D eigenvalue weighted by Crippen LogP contribution is -2.17. The molecule has 0 aliphatic carbocycles. The quantitative estimate of drug-likeness (QED) is 0.537. The highest BCUT2D eigenvalue weighted by Crippen LogP contribution is 2.30. The zero-order chi connectivity index (χ0) is 18.5. The first kappa shape index (κ1) is 18.3. The number of nitrogens with one attached hydrogen (secondary N) is 2. The van der Waals surface area contributed by atoms with Gasteiger partial charge >= 0.3 is 0 Å². The third kappa shape index (κ3) is 4.01. The molecule has 1 aromatic heterocycles. The van der Waals surface area contributed by atoms with Crippen molar-refractivity contribution in [3.8, 4) is 0 Å². The van der Waals surface area contributed by atoms with Gasteiger partial charge in [0.25, 0.3) is 0 Å². The minimum atomic E-state index is 0.380. The van der Waals surface area contributed by atoms with Crippen LogP contribution in [0.4, 0.5) is 11.4 Å². The number of nitrogens with zero attached hydrogens (tertiary/aromatic N) is 2. The third-order valence-corrected chi connectivity index (χ3v) is 4.92. The van der Waals surface area contributed by atoms with Gasteiger partial charge < -0.3 is 15.2 Å². The van der Waals surface area contributed by atoms with Crippen LogP contribution in [0.25, 0.3) is 11.0 Å². The predicted molar refractivity (Wildman–Crippen MR) is 112 cm³/mol. The van der Waals surface area contributed by atoms with Gasteiger partial charge in [-0.2, -0.15) is 0 Å². The minimum Gasteiger partial charge on any atom is -0.382 e. The SMILES string of the molecule is CCC(CC)Nc1cc(NCc2ccccc2)c2ncn(C(C)C)c2c1. The summed E-state index contributed by atoms with van der Waals surface area (Å²) in [5, 5.41) is 7.27. The standard InChI is InChI=1S/C22H30N4/c1-5-18(6-2)25-19-12-20(23-14-17-10-8-7-9-11-17)22-21(13-19)26(15-24-22)16(3)4/h7-13,15-16,18,23,25H,5-6,14H2,1-4H3. The summed E-state index contributed by atoms with van der Waals surface area (Å²) in [6, 6.07) is 15.8. The van der Waals surface area contributed by atoms with E-state index in [4.69, 9.17) is 0 Å². The Morgan fingerprint density at radius 3 is 2.42 bits per heavy atom. The number of imidazole rings is 1. The fourth-order valence-corrected chi connectivity index (χ4v) is 3.29. The number of fused-ring (bicyclic) bond motifs is 1. The molecule has 138 valence electrons. The van der Waals surface area contributed by atoms with Crippen LogP contribution in [0.5, 0.6) is 0 Å². The Hall–Kier alpha value is -2.49. The van der Waals surface area contributed by atoms with E-state index < -0.39 is 0 Å². The highest BCUT2D eigenvalue weighted by atomic mass is 15.1. The van der Waals surface area contributed by atoms with Crippen LogP contribution in [0, 0.1) is 0 Å². The lowest BCUT2D eigenvalue weighted by atomic mass is 10.1. The largest absolute Gasteiger partial charge is 0.382 e. The number of anilines is 2. The third-order valence-electron chi connectivity index (χ3n) is 4.92. The van der Waals surface area contributed by atoms with Crippen LogP contribution >= 0.6 is 0 Å². The summed E-state index contributed by atoms with van der Waals surface area (Å²) in [5.41, 5.74) is 5.71. The summed E-state index contributed by atoms with van der Waals surface area (Å²) in [4.78, 5) is 4.69. The van der Waals surface area contributed by atoms with Crippen molar-refractivity contribution < 1.29 is 0 Å². The lowest BCUT2D eigenvalue weighted by molar-refractivity contribution is 0.617. The molecule has 0 saturated heterocycles. The topological polar surface area (TPSA) is 41.9 Å². The van der Waals surface area contributed by atoms with Crippen LogP contribution < -0.4 is 10.6 Å². The van der Waals surface area contributed by atoms with Crippen LogP contribution in [0.3, 0.4) is 0 Å². The van der Waals surface area contributed by atoms with Gasteiger partial charge in [-0.25, -0.2) is 4.98 Å². The highest BCUT2D eigenvalue weighted by molar-refractivity contribution is 5.92. The van der Waals surface area contributed by atoms with E-state index in [1.165, 1.54) is 11.1 Å². The Kier molecular flexibility index (Phi) is 5.82. The summed E-state index contributed by atoms with van der Waals surface area (Å²) in [5.74, 6) is 0. The van der Waals surface area contributed by atoms with E-state index in [1.807, 2.05) is 12.4 Å². The lowest BCUT2D eigenvalue weighted by Gasteiger charge is -2.19. The Morgan fingerprint density at radius 2 is 1.77 bits per heavy atom. The van der Waals surface area contributed by atoms with E-state index in [2.05, 4.69) is 84.3 Å². The Balaban J connectivity index is 1.96. The molecule has 3 rings (SSSR count). The maximum Gasteiger partial charge on any atom is 0.112 e. The smallest absolute Gasteiger partial charge is 0.112 e. The van der Waals surface area contributed by atoms with Crippen molar-refractivity contribution in [1.29, 1.82) is 0 Å². The van der Waals surface area contributed by atoms with Gasteiger partial charge in [0.1, 0.15) is 5.52 Å². The van der Waals surface area contributed by atoms with Gasteiger partial charge in [-0.15, -0.1) is 0 Å². The predicted octanol–water partition coefficient (Wildman–Crippen LogP) is 5.83. The van der Waals surface area contributed by atoms with E-state index in [-0.39, 0.29) is 0 Å². The van der Waals surface area contributed by atoms with Gasteiger partial charge in [-0.3, -0.25) is 0 Å². The molecule has 0 bridgehead atoms. The van der Waals surface area contributed by atoms with Gasteiger partial charge in [-0.05, 0) is 44.4 Å². The molecule has 4 nitrogen and oxygen atoms in total. The maximum atomic E-state index is 4.69. The molecule has 0 fully saturated rings. The average molecular weight is 351 g/mol. The van der Waals surface area contributed by atoms with Gasteiger partial charge in [0.2, 0.25) is 0 Å². The van der Waals surface area contributed by atoms with E-state index in [9.17, 15) is 0 Å². The maximum absolute atomic E-state index is 4.69. The highest BCUT2D eigenvalue weighted by Gasteiger charge is 2.13. The summed E-state index contributed by atoms with van der Waals surface area (Å²) in [6.45, 7) is 9.64. The molecule has 2 N–H and O–H groups in total. The van der Waals surface area contributed by atoms with Crippen molar-refractivity contribution in [2.75, 3.05) is 10.6 Å². The zero-order valence-corrected chi connectivity index (χ0v) is 16.3. The van der Waals surface area contributed by atoms with E-state index in [0.717, 1.165) is 36.3 Å². The van der Waals surface area contributed by atoms with E-state index >= 15 is 0 Å². The van der Waals surface area contributed by atoms with E-state index in [1.54, 1.807) is 0 Å². The first-order valence-corrected chi connectivity index (χ1v) is 9.67. The van der Waals surface area contributed by atoms with Gasteiger partial charge in [0, 0.05) is 24.3 Å². The van der Waals surface area contributed by atoms with Crippen molar-refractivity contribution in [3.63, 3.8) is 0 Å². The van der Waals surface area contributed by atoms with Crippen molar-refractivity contribution >= 4 is 22.4 Å². The molecule has 0 unspecified atom stereocenters. The molecule has 3 aromatic rings. The second kappa shape index (κ2) is 8.26. The minimum absolute atomic E-state index is 0.380. The van der Waals surface area contributed by atoms with Crippen molar-refractivity contribution in [2.24, 2.45) is 0 Å². The fourth-order valence-electron chi connectivity index (χ4n) is 3.29. The molecule has 0 amide bonds. The van der Waals surface area contributed by atoms with Gasteiger partial charge in [-0.1, -0.05) is 44.2 Å². The summed E-state index contributed by atoms with van der Waals surface area (Å²) < 4.78 is 2.24. The Bertz CT molecular complexity index is 832. The summed E-state index contributed by atoms with van der Waals surface area (Å²) in [6.07, 6.45) is 4.18. The Labute approximate surface area is 156 Å². The summed E-state index contributed by atoms with van der Waals surface area (Å²) >= 11 is 0. The first-order chi connectivity index (χ1) is 12.6. The van der Waals surface area contributed by atoms with Crippen LogP contribution in [-0.4, -0.2) is 15.6 Å². The molecular weight excluding hydrogens is 320 g/mol. The summed E-state index contributed by atoms with van der Waals surface area (Å²) in [7, 11) is 0. The zero-order valence-electron chi connectivity index (χ0n) is 16.3. The van der Waals surface area contributed by atoms with Crippen LogP contribution in [-0.2, 0) is 6.54 Å². The molecule has 0 radical (unpaired) electrons. The second-order valence-electron chi connectivity index (χ2n) is 7.13. The van der Waals surface area contributed by atoms with Gasteiger partial charge in [0.05, 0.1) is 17.5 Å². The molecule has 4 heteroatoms. The molecule has 1 heterocycles. The number of hydrogen-bond donors (Lipinski definition) is 2. The first-order valence-electron chi connectivity index (χ1n) is 9.67. The number of hydrogen-bond acceptors (Lipinski definition) is 3. The monoisotopic (exact) mass is 350 g/mol. The molecule has 2 aromatic carbocycles. The van der Waals surface area contributed by atoms with Crippen molar-refractivity contribution in [2.45, 2.75) is 59.2 Å². The number of benzene rings is 2. The molecule has 0 spiro atoms. The number of rotatable bonds is 8. The Morgan fingerprint density at radius 1 is 1.04 bits per heavy atom. The van der Waals surface area contributed by atoms with Crippen LogP contribution in [0.2, 0.25) is 0 Å². The molecule has 0 atom stereocenters. The van der Waals surface area contributed by atoms with Crippen LogP contribution in [0.15, 0.2) is 48.8 Å². The second-order valence-corrected chi connectivity index (χ2v) is 7.13. The van der Waals surface area contributed by atoms with E-state index in [0.29, 0.717) is 12.1 Å². The molecule has 0 saturated carbocycles. The van der Waals surface area contributed by atoms with Gasteiger partial charge in [0.15, 0.2) is 0 Å². The van der Waals surface area contributed by atoms with Crippen molar-refractivity contribution in [1.82, 2.24) is 9.55 Å². The average Bonchev–Trinajstić information content (AvgIpc) is 3.09.